The number of rotatable bonds is 5. The largest absolute Gasteiger partial charge is 0.401 e. The van der Waals surface area contributed by atoms with Crippen LogP contribution in [0.3, 0.4) is 0 Å². The topological polar surface area (TPSA) is 39.7 Å². The number of alkyl halides is 3. The molecule has 0 radical (unpaired) electrons. The van der Waals surface area contributed by atoms with Crippen LogP contribution in [0.25, 0.3) is 0 Å². The molecule has 25 heavy (non-hydrogen) atoms. The Morgan fingerprint density at radius 2 is 1.96 bits per heavy atom. The summed E-state index contributed by atoms with van der Waals surface area (Å²) in [7, 11) is 1.67. The van der Waals surface area contributed by atoms with Gasteiger partial charge in [-0.25, -0.2) is 0 Å². The van der Waals surface area contributed by atoms with Crippen LogP contribution in [0, 0.1) is 5.92 Å². The number of aliphatic imine (C=N–C) groups is 1. The SMILES string of the molecule is CN=C(NCc1ccc(Cl)cc1)NCC1CCN(CC(F)(F)F)C1.I. The first-order valence-electron chi connectivity index (χ1n) is 7.84. The third-order valence-corrected chi connectivity index (χ3v) is 4.18. The molecule has 0 aliphatic carbocycles. The van der Waals surface area contributed by atoms with Crippen molar-refractivity contribution in [1.82, 2.24) is 15.5 Å². The normalized spacial score (nSPS) is 18.8. The molecule has 1 atom stereocenters. The standard InChI is InChI=1S/C16H22ClF3N4.HI/c1-21-15(22-8-12-2-4-14(17)5-3-12)23-9-13-6-7-24(10-13)11-16(18,19)20;/h2-5,13H,6-11H2,1H3,(H2,21,22,23);1H. The Morgan fingerprint density at radius 1 is 1.28 bits per heavy atom. The number of hydrogen-bond acceptors (Lipinski definition) is 2. The number of guanidine groups is 1. The van der Waals surface area contributed by atoms with E-state index in [1.54, 1.807) is 7.05 Å². The van der Waals surface area contributed by atoms with E-state index in [2.05, 4.69) is 15.6 Å². The maximum Gasteiger partial charge on any atom is 0.401 e. The van der Waals surface area contributed by atoms with E-state index >= 15 is 0 Å². The van der Waals surface area contributed by atoms with E-state index in [9.17, 15) is 13.2 Å². The van der Waals surface area contributed by atoms with Crippen molar-refractivity contribution in [3.8, 4) is 0 Å². The lowest BCUT2D eigenvalue weighted by molar-refractivity contribution is -0.143. The van der Waals surface area contributed by atoms with Crippen molar-refractivity contribution in [3.05, 3.63) is 34.9 Å². The number of benzene rings is 1. The van der Waals surface area contributed by atoms with Gasteiger partial charge in [-0.15, -0.1) is 24.0 Å². The number of nitrogens with zero attached hydrogens (tertiary/aromatic N) is 2. The van der Waals surface area contributed by atoms with Gasteiger partial charge in [-0.05, 0) is 36.6 Å². The smallest absolute Gasteiger partial charge is 0.356 e. The average molecular weight is 491 g/mol. The van der Waals surface area contributed by atoms with Crippen molar-refractivity contribution in [2.24, 2.45) is 10.9 Å². The number of likely N-dealkylation sites (tertiary alicyclic amines) is 1. The summed E-state index contributed by atoms with van der Waals surface area (Å²) in [5.74, 6) is 0.834. The molecule has 1 fully saturated rings. The zero-order valence-electron chi connectivity index (χ0n) is 13.9. The molecule has 1 aliphatic rings. The van der Waals surface area contributed by atoms with E-state index in [-0.39, 0.29) is 29.9 Å². The maximum absolute atomic E-state index is 12.4. The molecule has 0 amide bonds. The zero-order chi connectivity index (χ0) is 17.6. The lowest BCUT2D eigenvalue weighted by Crippen LogP contribution is -2.40. The summed E-state index contributed by atoms with van der Waals surface area (Å²) in [6, 6.07) is 7.49. The monoisotopic (exact) mass is 490 g/mol. The Kier molecular flexibility index (Phi) is 9.29. The molecule has 0 aromatic heterocycles. The van der Waals surface area contributed by atoms with Crippen LogP contribution in [0.4, 0.5) is 13.2 Å². The third kappa shape index (κ3) is 8.46. The molecule has 1 aliphatic heterocycles. The van der Waals surface area contributed by atoms with Crippen LogP contribution in [0.2, 0.25) is 5.02 Å². The zero-order valence-corrected chi connectivity index (χ0v) is 17.0. The molecule has 0 spiro atoms. The molecule has 2 rings (SSSR count). The van der Waals surface area contributed by atoms with E-state index < -0.39 is 12.7 Å². The van der Waals surface area contributed by atoms with Gasteiger partial charge < -0.3 is 10.6 Å². The van der Waals surface area contributed by atoms with Crippen molar-refractivity contribution in [2.45, 2.75) is 19.1 Å². The van der Waals surface area contributed by atoms with E-state index in [0.717, 1.165) is 12.0 Å². The van der Waals surface area contributed by atoms with Gasteiger partial charge >= 0.3 is 6.18 Å². The first kappa shape index (κ1) is 22.3. The van der Waals surface area contributed by atoms with Crippen molar-refractivity contribution in [1.29, 1.82) is 0 Å². The molecule has 0 saturated carbocycles. The van der Waals surface area contributed by atoms with E-state index in [1.807, 2.05) is 24.3 Å². The van der Waals surface area contributed by atoms with Gasteiger partial charge in [-0.1, -0.05) is 23.7 Å². The van der Waals surface area contributed by atoms with E-state index in [4.69, 9.17) is 11.6 Å². The van der Waals surface area contributed by atoms with Crippen molar-refractivity contribution < 1.29 is 13.2 Å². The van der Waals surface area contributed by atoms with Gasteiger partial charge in [0, 0.05) is 31.7 Å². The lowest BCUT2D eigenvalue weighted by atomic mass is 10.1. The Labute approximate surface area is 168 Å². The lowest BCUT2D eigenvalue weighted by Gasteiger charge is -2.18. The predicted molar refractivity (Wildman–Crippen MR) is 106 cm³/mol. The molecule has 1 aromatic carbocycles. The summed E-state index contributed by atoms with van der Waals surface area (Å²) in [6.07, 6.45) is -3.37. The van der Waals surface area contributed by atoms with Crippen LogP contribution in [0.1, 0.15) is 12.0 Å². The van der Waals surface area contributed by atoms with Crippen LogP contribution in [0.15, 0.2) is 29.3 Å². The molecule has 1 heterocycles. The molecule has 4 nitrogen and oxygen atoms in total. The average Bonchev–Trinajstić information content (AvgIpc) is 2.94. The number of hydrogen-bond donors (Lipinski definition) is 2. The van der Waals surface area contributed by atoms with Crippen molar-refractivity contribution in [3.63, 3.8) is 0 Å². The molecular formula is C16H23ClF3IN4. The van der Waals surface area contributed by atoms with Crippen LogP contribution in [0.5, 0.6) is 0 Å². The Hall–Kier alpha value is -0.740. The second-order valence-electron chi connectivity index (χ2n) is 5.94. The molecule has 1 unspecified atom stereocenters. The Bertz CT molecular complexity index is 551. The van der Waals surface area contributed by atoms with Crippen LogP contribution >= 0.6 is 35.6 Å². The second kappa shape index (κ2) is 10.4. The summed E-state index contributed by atoms with van der Waals surface area (Å²) in [5, 5.41) is 7.05. The minimum atomic E-state index is -4.13. The molecule has 1 saturated heterocycles. The fourth-order valence-corrected chi connectivity index (χ4v) is 2.85. The highest BCUT2D eigenvalue weighted by molar-refractivity contribution is 14.0. The minimum Gasteiger partial charge on any atom is -0.356 e. The summed E-state index contributed by atoms with van der Waals surface area (Å²) in [6.45, 7) is 1.33. The highest BCUT2D eigenvalue weighted by Crippen LogP contribution is 2.22. The fraction of sp³-hybridized carbons (Fsp3) is 0.562. The van der Waals surface area contributed by atoms with E-state index in [1.165, 1.54) is 4.90 Å². The highest BCUT2D eigenvalue weighted by Gasteiger charge is 2.34. The molecule has 2 N–H and O–H groups in total. The van der Waals surface area contributed by atoms with Crippen LogP contribution < -0.4 is 10.6 Å². The minimum absolute atomic E-state index is 0. The molecular weight excluding hydrogens is 468 g/mol. The Balaban J connectivity index is 0.00000312. The van der Waals surface area contributed by atoms with E-state index in [0.29, 0.717) is 37.2 Å². The number of nitrogens with one attached hydrogen (secondary N) is 2. The van der Waals surface area contributed by atoms with Gasteiger partial charge in [0.1, 0.15) is 0 Å². The quantitative estimate of drug-likeness (QED) is 0.377. The summed E-state index contributed by atoms with van der Waals surface area (Å²) in [5.41, 5.74) is 1.07. The highest BCUT2D eigenvalue weighted by atomic mass is 127. The molecule has 1 aromatic rings. The summed E-state index contributed by atoms with van der Waals surface area (Å²) in [4.78, 5) is 5.59. The molecule has 9 heteroatoms. The number of halogens is 5. The molecule has 142 valence electrons. The van der Waals surface area contributed by atoms with Crippen molar-refractivity contribution >= 4 is 41.5 Å². The van der Waals surface area contributed by atoms with Gasteiger partial charge in [-0.2, -0.15) is 13.2 Å². The summed E-state index contributed by atoms with van der Waals surface area (Å²) >= 11 is 5.85. The van der Waals surface area contributed by atoms with Gasteiger partial charge in [-0.3, -0.25) is 9.89 Å². The van der Waals surface area contributed by atoms with Crippen LogP contribution in [-0.4, -0.2) is 50.3 Å². The maximum atomic E-state index is 12.4. The first-order valence-corrected chi connectivity index (χ1v) is 8.21. The van der Waals surface area contributed by atoms with Gasteiger partial charge in [0.05, 0.1) is 6.54 Å². The second-order valence-corrected chi connectivity index (χ2v) is 6.37. The van der Waals surface area contributed by atoms with Gasteiger partial charge in [0.2, 0.25) is 0 Å². The fourth-order valence-electron chi connectivity index (χ4n) is 2.73. The molecule has 0 bridgehead atoms. The van der Waals surface area contributed by atoms with Crippen molar-refractivity contribution in [2.75, 3.05) is 33.2 Å². The van der Waals surface area contributed by atoms with Crippen LogP contribution in [-0.2, 0) is 6.54 Å². The first-order chi connectivity index (χ1) is 11.4. The van der Waals surface area contributed by atoms with Gasteiger partial charge in [0.15, 0.2) is 5.96 Å². The Morgan fingerprint density at radius 3 is 2.56 bits per heavy atom. The summed E-state index contributed by atoms with van der Waals surface area (Å²) < 4.78 is 37.2. The predicted octanol–water partition coefficient (Wildman–Crippen LogP) is 3.51. The van der Waals surface area contributed by atoms with Gasteiger partial charge in [0.25, 0.3) is 0 Å². The third-order valence-electron chi connectivity index (χ3n) is 3.93.